The van der Waals surface area contributed by atoms with Crippen molar-refractivity contribution in [2.24, 2.45) is 0 Å². The first kappa shape index (κ1) is 22.6. The molecule has 4 aromatic rings. The van der Waals surface area contributed by atoms with Gasteiger partial charge in [-0.3, -0.25) is 9.69 Å². The van der Waals surface area contributed by atoms with E-state index in [4.69, 9.17) is 4.98 Å². The van der Waals surface area contributed by atoms with Crippen LogP contribution in [0.4, 0.5) is 5.13 Å². The molecular formula is C28H30N4OS. The number of piperazine rings is 1. The number of benzene rings is 3. The van der Waals surface area contributed by atoms with Crippen molar-refractivity contribution < 1.29 is 4.79 Å². The zero-order valence-electron chi connectivity index (χ0n) is 19.8. The molecule has 1 aromatic heterocycles. The van der Waals surface area contributed by atoms with Crippen LogP contribution in [0.2, 0.25) is 0 Å². The van der Waals surface area contributed by atoms with E-state index in [0.717, 1.165) is 54.5 Å². The van der Waals surface area contributed by atoms with E-state index in [-0.39, 0.29) is 5.91 Å². The first-order valence-corrected chi connectivity index (χ1v) is 12.7. The summed E-state index contributed by atoms with van der Waals surface area (Å²) in [6.07, 6.45) is 0. The number of hydrogen-bond donors (Lipinski definition) is 1. The quantitative estimate of drug-likeness (QED) is 0.424. The molecule has 1 aliphatic heterocycles. The van der Waals surface area contributed by atoms with Gasteiger partial charge in [-0.15, -0.1) is 0 Å². The molecule has 1 saturated heterocycles. The van der Waals surface area contributed by atoms with Crippen LogP contribution in [0.25, 0.3) is 21.3 Å². The highest BCUT2D eigenvalue weighted by Gasteiger charge is 2.20. The Kier molecular flexibility index (Phi) is 6.61. The molecule has 5 nitrogen and oxygen atoms in total. The fourth-order valence-corrected chi connectivity index (χ4v) is 5.72. The lowest BCUT2D eigenvalue weighted by atomic mass is 10.0. The maximum absolute atomic E-state index is 12.6. The molecule has 0 unspecified atom stereocenters. The standard InChI is InChI=1S/C28H30N4OS/c1-20-18-21(2)26-25(19-20)34-28(30-26)32-16-14-31(15-17-32)13-12-29-27(33)24-10-8-23(9-11-24)22-6-4-3-5-7-22/h3-11,18-19H,12-17H2,1-2H3,(H,29,33). The minimum atomic E-state index is -0.0154. The van der Waals surface area contributed by atoms with Gasteiger partial charge in [-0.2, -0.15) is 0 Å². The predicted octanol–water partition coefficient (Wildman–Crippen LogP) is 5.13. The third kappa shape index (κ3) is 4.98. The summed E-state index contributed by atoms with van der Waals surface area (Å²) < 4.78 is 1.27. The molecule has 174 valence electrons. The van der Waals surface area contributed by atoms with Gasteiger partial charge < -0.3 is 10.2 Å². The van der Waals surface area contributed by atoms with E-state index < -0.39 is 0 Å². The maximum atomic E-state index is 12.6. The highest BCUT2D eigenvalue weighted by atomic mass is 32.1. The molecule has 1 fully saturated rings. The number of aromatic nitrogens is 1. The normalized spacial score (nSPS) is 14.5. The van der Waals surface area contributed by atoms with Gasteiger partial charge in [0.15, 0.2) is 5.13 Å². The molecule has 3 aromatic carbocycles. The first-order chi connectivity index (χ1) is 16.6. The Labute approximate surface area is 205 Å². The summed E-state index contributed by atoms with van der Waals surface area (Å²) in [6.45, 7) is 9.69. The van der Waals surface area contributed by atoms with Gasteiger partial charge in [0.25, 0.3) is 5.91 Å². The molecule has 1 aliphatic rings. The van der Waals surface area contributed by atoms with E-state index in [0.29, 0.717) is 12.1 Å². The number of anilines is 1. The van der Waals surface area contributed by atoms with Gasteiger partial charge in [0.1, 0.15) is 0 Å². The molecule has 2 heterocycles. The number of carbonyl (C=O) groups excluding carboxylic acids is 1. The number of hydrogen-bond acceptors (Lipinski definition) is 5. The first-order valence-electron chi connectivity index (χ1n) is 11.9. The van der Waals surface area contributed by atoms with Crippen LogP contribution in [0.15, 0.2) is 66.7 Å². The Bertz CT molecular complexity index is 1280. The van der Waals surface area contributed by atoms with Crippen LogP contribution in [0.3, 0.4) is 0 Å². The van der Waals surface area contributed by atoms with Crippen molar-refractivity contribution in [2.75, 3.05) is 44.2 Å². The zero-order valence-corrected chi connectivity index (χ0v) is 20.6. The second-order valence-electron chi connectivity index (χ2n) is 8.95. The van der Waals surface area contributed by atoms with E-state index in [1.165, 1.54) is 15.8 Å². The second kappa shape index (κ2) is 9.95. The van der Waals surface area contributed by atoms with Crippen LogP contribution in [-0.2, 0) is 0 Å². The Morgan fingerprint density at radius 3 is 2.38 bits per heavy atom. The maximum Gasteiger partial charge on any atom is 0.251 e. The molecule has 0 spiro atoms. The average molecular weight is 471 g/mol. The van der Waals surface area contributed by atoms with Gasteiger partial charge in [0.05, 0.1) is 10.2 Å². The second-order valence-corrected chi connectivity index (χ2v) is 9.96. The predicted molar refractivity (Wildman–Crippen MR) is 142 cm³/mol. The molecule has 0 bridgehead atoms. The number of aryl methyl sites for hydroxylation is 2. The Balaban J connectivity index is 1.09. The van der Waals surface area contributed by atoms with Crippen molar-refractivity contribution in [2.45, 2.75) is 13.8 Å². The minimum Gasteiger partial charge on any atom is -0.351 e. The van der Waals surface area contributed by atoms with Crippen LogP contribution in [0.1, 0.15) is 21.5 Å². The van der Waals surface area contributed by atoms with Crippen LogP contribution >= 0.6 is 11.3 Å². The Morgan fingerprint density at radius 2 is 1.65 bits per heavy atom. The lowest BCUT2D eigenvalue weighted by molar-refractivity contribution is 0.0948. The van der Waals surface area contributed by atoms with Gasteiger partial charge in [-0.25, -0.2) is 4.98 Å². The minimum absolute atomic E-state index is 0.0154. The van der Waals surface area contributed by atoms with Crippen molar-refractivity contribution in [3.8, 4) is 11.1 Å². The fraction of sp³-hybridized carbons (Fsp3) is 0.286. The molecule has 5 rings (SSSR count). The highest BCUT2D eigenvalue weighted by Crippen LogP contribution is 2.32. The van der Waals surface area contributed by atoms with Crippen molar-refractivity contribution in [1.29, 1.82) is 0 Å². The number of nitrogens with one attached hydrogen (secondary N) is 1. The van der Waals surface area contributed by atoms with Gasteiger partial charge >= 0.3 is 0 Å². The number of carbonyl (C=O) groups is 1. The van der Waals surface area contributed by atoms with Gasteiger partial charge in [0.2, 0.25) is 0 Å². The summed E-state index contributed by atoms with van der Waals surface area (Å²) in [5.41, 5.74) is 6.65. The molecular weight excluding hydrogens is 440 g/mol. The summed E-state index contributed by atoms with van der Waals surface area (Å²) >= 11 is 1.79. The fourth-order valence-electron chi connectivity index (χ4n) is 4.53. The van der Waals surface area contributed by atoms with Crippen molar-refractivity contribution in [3.63, 3.8) is 0 Å². The number of rotatable bonds is 6. The Morgan fingerprint density at radius 1 is 0.941 bits per heavy atom. The number of thiazole rings is 1. The molecule has 6 heteroatoms. The van der Waals surface area contributed by atoms with Crippen LogP contribution in [0.5, 0.6) is 0 Å². The van der Waals surface area contributed by atoms with Crippen LogP contribution in [0, 0.1) is 13.8 Å². The lowest BCUT2D eigenvalue weighted by Gasteiger charge is -2.34. The monoisotopic (exact) mass is 470 g/mol. The molecule has 0 saturated carbocycles. The van der Waals surface area contributed by atoms with E-state index in [2.05, 4.69) is 53.2 Å². The molecule has 34 heavy (non-hydrogen) atoms. The Hall–Kier alpha value is -3.22. The third-order valence-electron chi connectivity index (χ3n) is 6.43. The SMILES string of the molecule is Cc1cc(C)c2nc(N3CCN(CCNC(=O)c4ccc(-c5ccccc5)cc4)CC3)sc2c1. The van der Waals surface area contributed by atoms with E-state index in [1.807, 2.05) is 42.5 Å². The van der Waals surface area contributed by atoms with Gasteiger partial charge in [-0.05, 0) is 54.3 Å². The summed E-state index contributed by atoms with van der Waals surface area (Å²) in [7, 11) is 0. The van der Waals surface area contributed by atoms with E-state index in [1.54, 1.807) is 11.3 Å². The smallest absolute Gasteiger partial charge is 0.251 e. The van der Waals surface area contributed by atoms with Crippen molar-refractivity contribution >= 4 is 32.6 Å². The van der Waals surface area contributed by atoms with Crippen molar-refractivity contribution in [3.05, 3.63) is 83.4 Å². The summed E-state index contributed by atoms with van der Waals surface area (Å²) in [5, 5.41) is 4.19. The number of amides is 1. The van der Waals surface area contributed by atoms with Crippen molar-refractivity contribution in [1.82, 2.24) is 15.2 Å². The summed E-state index contributed by atoms with van der Waals surface area (Å²) in [5.74, 6) is -0.0154. The van der Waals surface area contributed by atoms with E-state index >= 15 is 0 Å². The average Bonchev–Trinajstić information content (AvgIpc) is 3.29. The molecule has 0 atom stereocenters. The summed E-state index contributed by atoms with van der Waals surface area (Å²) in [6, 6.07) is 22.5. The number of nitrogens with zero attached hydrogens (tertiary/aromatic N) is 3. The molecule has 0 aliphatic carbocycles. The lowest BCUT2D eigenvalue weighted by Crippen LogP contribution is -2.48. The van der Waals surface area contributed by atoms with E-state index in [9.17, 15) is 4.79 Å². The van der Waals surface area contributed by atoms with Gasteiger partial charge in [-0.1, -0.05) is 59.9 Å². The molecule has 0 radical (unpaired) electrons. The van der Waals surface area contributed by atoms with Crippen LogP contribution < -0.4 is 10.2 Å². The van der Waals surface area contributed by atoms with Crippen LogP contribution in [-0.4, -0.2) is 55.1 Å². The zero-order chi connectivity index (χ0) is 23.5. The third-order valence-corrected chi connectivity index (χ3v) is 7.49. The molecule has 1 amide bonds. The summed E-state index contributed by atoms with van der Waals surface area (Å²) in [4.78, 5) is 22.3. The molecule has 1 N–H and O–H groups in total. The topological polar surface area (TPSA) is 48.5 Å². The highest BCUT2D eigenvalue weighted by molar-refractivity contribution is 7.22. The largest absolute Gasteiger partial charge is 0.351 e. The number of fused-ring (bicyclic) bond motifs is 1. The van der Waals surface area contributed by atoms with Gasteiger partial charge in [0, 0.05) is 44.8 Å².